The van der Waals surface area contributed by atoms with E-state index in [0.29, 0.717) is 0 Å². The molecule has 8 rings (SSSR count). The SMILES string of the molecule is Cn1c2ccccc2c2cc(-c3cc4c5ccccc5n(C)c4cc3-c3ccccc3)c(-c3ccccc3)cc21. The van der Waals surface area contributed by atoms with Gasteiger partial charge in [-0.3, -0.25) is 0 Å². The molecule has 0 spiro atoms. The van der Waals surface area contributed by atoms with Crippen molar-refractivity contribution in [1.82, 2.24) is 9.13 Å². The Morgan fingerprint density at radius 2 is 0.700 bits per heavy atom. The maximum Gasteiger partial charge on any atom is 0.0495 e. The van der Waals surface area contributed by atoms with Gasteiger partial charge in [-0.2, -0.15) is 0 Å². The lowest BCUT2D eigenvalue weighted by Gasteiger charge is -2.17. The molecule has 0 bridgehead atoms. The molecular weight excluding hydrogens is 484 g/mol. The summed E-state index contributed by atoms with van der Waals surface area (Å²) in [5.41, 5.74) is 12.4. The van der Waals surface area contributed by atoms with E-state index in [-0.39, 0.29) is 0 Å². The summed E-state index contributed by atoms with van der Waals surface area (Å²) in [5, 5.41) is 5.14. The standard InChI is InChI=1S/C38H28N2/c1-39-35-19-11-9-17-27(35)33-21-31(29(23-37(33)39)25-13-5-3-6-14-25)32-22-34-28-18-10-12-20-36(28)40(2)38(34)24-30(32)26-15-7-4-8-16-26/h3-24H,1-2H3. The van der Waals surface area contributed by atoms with E-state index < -0.39 is 0 Å². The molecule has 0 fully saturated rings. The summed E-state index contributed by atoms with van der Waals surface area (Å²) in [6.07, 6.45) is 0. The molecule has 0 atom stereocenters. The van der Waals surface area contributed by atoms with Crippen LogP contribution in [0.5, 0.6) is 0 Å². The van der Waals surface area contributed by atoms with Gasteiger partial charge in [-0.1, -0.05) is 97.1 Å². The molecule has 0 aliphatic rings. The molecule has 8 aromatic rings. The van der Waals surface area contributed by atoms with Gasteiger partial charge in [0.2, 0.25) is 0 Å². The first-order valence-corrected chi connectivity index (χ1v) is 13.8. The summed E-state index contributed by atoms with van der Waals surface area (Å²) in [4.78, 5) is 0. The van der Waals surface area contributed by atoms with E-state index in [1.54, 1.807) is 0 Å². The summed E-state index contributed by atoms with van der Waals surface area (Å²) < 4.78 is 4.65. The second kappa shape index (κ2) is 8.72. The number of hydrogen-bond acceptors (Lipinski definition) is 0. The Balaban J connectivity index is 1.56. The molecule has 2 aromatic heterocycles. The summed E-state index contributed by atoms with van der Waals surface area (Å²) >= 11 is 0. The van der Waals surface area contributed by atoms with E-state index in [4.69, 9.17) is 0 Å². The predicted octanol–water partition coefficient (Wildman–Crippen LogP) is 9.98. The molecule has 2 heteroatoms. The lowest BCUT2D eigenvalue weighted by atomic mass is 9.87. The Morgan fingerprint density at radius 3 is 1.12 bits per heavy atom. The predicted molar refractivity (Wildman–Crippen MR) is 171 cm³/mol. The third-order valence-electron chi connectivity index (χ3n) is 8.57. The second-order valence-corrected chi connectivity index (χ2v) is 10.7. The van der Waals surface area contributed by atoms with Crippen LogP contribution < -0.4 is 0 Å². The molecule has 40 heavy (non-hydrogen) atoms. The molecule has 0 N–H and O–H groups in total. The van der Waals surface area contributed by atoms with Crippen LogP contribution in [-0.4, -0.2) is 9.13 Å². The monoisotopic (exact) mass is 512 g/mol. The highest BCUT2D eigenvalue weighted by Gasteiger charge is 2.20. The Labute approximate surface area is 233 Å². The first kappa shape index (κ1) is 22.9. The Bertz CT molecular complexity index is 2050. The van der Waals surface area contributed by atoms with Crippen molar-refractivity contribution in [3.63, 3.8) is 0 Å². The molecule has 0 aliphatic carbocycles. The Morgan fingerprint density at radius 1 is 0.325 bits per heavy atom. The van der Waals surface area contributed by atoms with Gasteiger partial charge in [-0.15, -0.1) is 0 Å². The number of hydrogen-bond donors (Lipinski definition) is 0. The smallest absolute Gasteiger partial charge is 0.0495 e. The molecular formula is C38H28N2. The number of aryl methyl sites for hydroxylation is 2. The minimum atomic E-state index is 1.22. The van der Waals surface area contributed by atoms with Crippen molar-refractivity contribution in [3.05, 3.63) is 133 Å². The van der Waals surface area contributed by atoms with Gasteiger partial charge < -0.3 is 9.13 Å². The van der Waals surface area contributed by atoms with E-state index in [1.807, 2.05) is 0 Å². The van der Waals surface area contributed by atoms with Crippen molar-refractivity contribution >= 4 is 43.6 Å². The fraction of sp³-hybridized carbons (Fsp3) is 0.0526. The van der Waals surface area contributed by atoms with Crippen molar-refractivity contribution in [2.75, 3.05) is 0 Å². The number of rotatable bonds is 3. The van der Waals surface area contributed by atoms with Crippen molar-refractivity contribution in [2.45, 2.75) is 0 Å². The molecule has 6 aromatic carbocycles. The van der Waals surface area contributed by atoms with Gasteiger partial charge in [0, 0.05) is 57.7 Å². The highest BCUT2D eigenvalue weighted by molar-refractivity contribution is 6.15. The fourth-order valence-electron chi connectivity index (χ4n) is 6.57. The van der Waals surface area contributed by atoms with Crippen LogP contribution in [0, 0.1) is 0 Å². The Kier molecular flexibility index (Phi) is 4.99. The Hall–Kier alpha value is -5.08. The first-order valence-electron chi connectivity index (χ1n) is 13.8. The topological polar surface area (TPSA) is 9.86 Å². The summed E-state index contributed by atoms with van der Waals surface area (Å²) in [5.74, 6) is 0. The van der Waals surface area contributed by atoms with Gasteiger partial charge >= 0.3 is 0 Å². The van der Waals surface area contributed by atoms with Crippen molar-refractivity contribution < 1.29 is 0 Å². The summed E-state index contributed by atoms with van der Waals surface area (Å²) in [6, 6.07) is 48.7. The van der Waals surface area contributed by atoms with Crippen molar-refractivity contribution in [3.8, 4) is 33.4 Å². The fourth-order valence-corrected chi connectivity index (χ4v) is 6.57. The van der Waals surface area contributed by atoms with Crippen LogP contribution in [0.15, 0.2) is 133 Å². The minimum Gasteiger partial charge on any atom is -0.344 e. The van der Waals surface area contributed by atoms with Gasteiger partial charge in [-0.25, -0.2) is 0 Å². The molecule has 0 unspecified atom stereocenters. The lowest BCUT2D eigenvalue weighted by molar-refractivity contribution is 1.01. The minimum absolute atomic E-state index is 1.22. The van der Waals surface area contributed by atoms with Crippen molar-refractivity contribution in [2.24, 2.45) is 14.1 Å². The van der Waals surface area contributed by atoms with Crippen LogP contribution in [0.4, 0.5) is 0 Å². The molecule has 0 saturated heterocycles. The van der Waals surface area contributed by atoms with E-state index in [2.05, 4.69) is 157 Å². The van der Waals surface area contributed by atoms with Crippen LogP contribution >= 0.6 is 0 Å². The number of benzene rings is 6. The van der Waals surface area contributed by atoms with E-state index >= 15 is 0 Å². The third kappa shape index (κ3) is 3.29. The molecule has 0 amide bonds. The molecule has 0 aliphatic heterocycles. The third-order valence-corrected chi connectivity index (χ3v) is 8.57. The number of nitrogens with zero attached hydrogens (tertiary/aromatic N) is 2. The first-order chi connectivity index (χ1) is 19.7. The highest BCUT2D eigenvalue weighted by atomic mass is 14.9. The van der Waals surface area contributed by atoms with Gasteiger partial charge in [-0.05, 0) is 69.8 Å². The number of para-hydroxylation sites is 2. The number of aromatic nitrogens is 2. The molecule has 0 radical (unpaired) electrons. The quantitative estimate of drug-likeness (QED) is 0.223. The molecule has 2 heterocycles. The number of fused-ring (bicyclic) bond motifs is 6. The van der Waals surface area contributed by atoms with Crippen LogP contribution in [0.1, 0.15) is 0 Å². The molecule has 0 saturated carbocycles. The average molecular weight is 513 g/mol. The molecule has 190 valence electrons. The van der Waals surface area contributed by atoms with Gasteiger partial charge in [0.15, 0.2) is 0 Å². The zero-order chi connectivity index (χ0) is 26.8. The van der Waals surface area contributed by atoms with Crippen LogP contribution in [0.2, 0.25) is 0 Å². The van der Waals surface area contributed by atoms with Gasteiger partial charge in [0.1, 0.15) is 0 Å². The van der Waals surface area contributed by atoms with E-state index in [9.17, 15) is 0 Å². The highest BCUT2D eigenvalue weighted by Crippen LogP contribution is 2.45. The van der Waals surface area contributed by atoms with E-state index in [1.165, 1.54) is 77.0 Å². The van der Waals surface area contributed by atoms with Crippen LogP contribution in [0.25, 0.3) is 77.0 Å². The van der Waals surface area contributed by atoms with Gasteiger partial charge in [0.05, 0.1) is 0 Å². The zero-order valence-electron chi connectivity index (χ0n) is 22.6. The van der Waals surface area contributed by atoms with E-state index in [0.717, 1.165) is 0 Å². The summed E-state index contributed by atoms with van der Waals surface area (Å²) in [6.45, 7) is 0. The van der Waals surface area contributed by atoms with Gasteiger partial charge in [0.25, 0.3) is 0 Å². The second-order valence-electron chi connectivity index (χ2n) is 10.7. The largest absolute Gasteiger partial charge is 0.344 e. The normalized spacial score (nSPS) is 11.8. The maximum atomic E-state index is 2.43. The van der Waals surface area contributed by atoms with Crippen LogP contribution in [-0.2, 0) is 14.1 Å². The molecule has 2 nitrogen and oxygen atoms in total. The zero-order valence-corrected chi connectivity index (χ0v) is 22.6. The lowest BCUT2D eigenvalue weighted by Crippen LogP contribution is -1.93. The van der Waals surface area contributed by atoms with Crippen LogP contribution in [0.3, 0.4) is 0 Å². The average Bonchev–Trinajstić information content (AvgIpc) is 3.47. The summed E-state index contributed by atoms with van der Waals surface area (Å²) in [7, 11) is 4.35. The maximum absolute atomic E-state index is 2.43. The van der Waals surface area contributed by atoms with Crippen molar-refractivity contribution in [1.29, 1.82) is 0 Å².